The minimum Gasteiger partial charge on any atom is -0.292 e. The average Bonchev–Trinajstić information content (AvgIpc) is 3.05. The van der Waals surface area contributed by atoms with Gasteiger partial charge in [-0.1, -0.05) is 42.3 Å². The molecule has 2 aromatic rings. The summed E-state index contributed by atoms with van der Waals surface area (Å²) in [5.74, 6) is -3.28. The second-order valence-corrected chi connectivity index (χ2v) is 9.22. The van der Waals surface area contributed by atoms with E-state index in [9.17, 15) is 19.2 Å². The molecule has 0 N–H and O–H groups in total. The van der Waals surface area contributed by atoms with Gasteiger partial charge in [-0.3, -0.25) is 19.2 Å². The van der Waals surface area contributed by atoms with Crippen molar-refractivity contribution in [2.24, 2.45) is 17.8 Å². The number of fused-ring (bicyclic) bond motifs is 1. The van der Waals surface area contributed by atoms with Crippen LogP contribution in [-0.4, -0.2) is 39.6 Å². The van der Waals surface area contributed by atoms with Crippen LogP contribution in [0.3, 0.4) is 0 Å². The summed E-state index contributed by atoms with van der Waals surface area (Å²) in [6, 6.07) is 11.2. The Hall–Kier alpha value is -2.96. The second-order valence-electron chi connectivity index (χ2n) is 8.35. The van der Waals surface area contributed by atoms with Crippen LogP contribution in [0.15, 0.2) is 60.7 Å². The van der Waals surface area contributed by atoms with Crippen LogP contribution < -0.4 is 0 Å². The van der Waals surface area contributed by atoms with Crippen molar-refractivity contribution in [3.63, 3.8) is 0 Å². The molecule has 0 unspecified atom stereocenters. The van der Waals surface area contributed by atoms with Gasteiger partial charge in [-0.2, -0.15) is 5.01 Å². The van der Waals surface area contributed by atoms with E-state index in [4.69, 9.17) is 23.2 Å². The van der Waals surface area contributed by atoms with Crippen molar-refractivity contribution in [1.82, 2.24) is 10.0 Å². The van der Waals surface area contributed by atoms with Crippen LogP contribution in [-0.2, 0) is 9.59 Å². The molecule has 170 valence electrons. The van der Waals surface area contributed by atoms with E-state index in [1.54, 1.807) is 24.3 Å². The Kier molecular flexibility index (Phi) is 6.41. The number of halogens is 2. The third-order valence-corrected chi connectivity index (χ3v) is 6.74. The molecule has 0 bridgehead atoms. The van der Waals surface area contributed by atoms with Gasteiger partial charge in [0.2, 0.25) is 0 Å². The van der Waals surface area contributed by atoms with E-state index in [-0.39, 0.29) is 11.5 Å². The molecule has 2 aromatic carbocycles. The molecule has 0 spiro atoms. The predicted octanol–water partition coefficient (Wildman–Crippen LogP) is 4.82. The number of imide groups is 1. The average molecular weight is 485 g/mol. The van der Waals surface area contributed by atoms with E-state index < -0.39 is 41.4 Å². The molecule has 0 aromatic heterocycles. The number of Topliss-reactive ketones (excluding diaryl/α,β-unsaturated/α-hetero) is 1. The first-order valence-electron chi connectivity index (χ1n) is 10.6. The SMILES string of the molecule is C[C@@H]1C=CC[C@@H]2C(=O)N(N(C(=O)c3ccc(Cl)cc3)[C@@H](C)C(=O)c3ccc(Cl)cc3)C(=O)[C@H]12. The number of hydrogen-bond acceptors (Lipinski definition) is 4. The summed E-state index contributed by atoms with van der Waals surface area (Å²) in [5, 5.41) is 2.77. The zero-order valence-electron chi connectivity index (χ0n) is 18.1. The van der Waals surface area contributed by atoms with Crippen molar-refractivity contribution in [2.75, 3.05) is 0 Å². The maximum atomic E-state index is 13.6. The first-order chi connectivity index (χ1) is 15.7. The number of hydrogen-bond donors (Lipinski definition) is 0. The van der Waals surface area contributed by atoms with Gasteiger partial charge in [0, 0.05) is 21.2 Å². The van der Waals surface area contributed by atoms with Crippen LogP contribution in [0.1, 0.15) is 41.0 Å². The lowest BCUT2D eigenvalue weighted by atomic mass is 9.78. The molecule has 1 saturated heterocycles. The van der Waals surface area contributed by atoms with Gasteiger partial charge in [0.15, 0.2) is 5.78 Å². The fraction of sp³-hybridized carbons (Fsp3) is 0.280. The number of carbonyl (C=O) groups excluding carboxylic acids is 4. The van der Waals surface area contributed by atoms with Crippen LogP contribution in [0.4, 0.5) is 0 Å². The van der Waals surface area contributed by atoms with Gasteiger partial charge in [-0.15, -0.1) is 0 Å². The molecule has 2 aliphatic rings. The number of carbonyl (C=O) groups is 4. The molecule has 6 nitrogen and oxygen atoms in total. The highest BCUT2D eigenvalue weighted by atomic mass is 35.5. The zero-order chi connectivity index (χ0) is 23.9. The summed E-state index contributed by atoms with van der Waals surface area (Å²) in [6.45, 7) is 3.38. The van der Waals surface area contributed by atoms with Crippen LogP contribution in [0.25, 0.3) is 0 Å². The van der Waals surface area contributed by atoms with Crippen molar-refractivity contribution in [3.8, 4) is 0 Å². The van der Waals surface area contributed by atoms with Crippen molar-refractivity contribution in [2.45, 2.75) is 26.3 Å². The largest absolute Gasteiger partial charge is 0.292 e. The maximum Gasteiger partial charge on any atom is 0.273 e. The Morgan fingerprint density at radius 1 is 0.939 bits per heavy atom. The van der Waals surface area contributed by atoms with E-state index in [2.05, 4.69) is 0 Å². The van der Waals surface area contributed by atoms with E-state index >= 15 is 0 Å². The highest BCUT2D eigenvalue weighted by molar-refractivity contribution is 6.31. The van der Waals surface area contributed by atoms with Gasteiger partial charge < -0.3 is 0 Å². The molecule has 4 atom stereocenters. The number of amides is 3. The Labute approximate surface area is 201 Å². The first kappa shape index (κ1) is 23.2. The van der Waals surface area contributed by atoms with Crippen molar-refractivity contribution in [3.05, 3.63) is 81.9 Å². The summed E-state index contributed by atoms with van der Waals surface area (Å²) in [4.78, 5) is 53.7. The van der Waals surface area contributed by atoms with Gasteiger partial charge in [0.1, 0.15) is 6.04 Å². The summed E-state index contributed by atoms with van der Waals surface area (Å²) in [5.41, 5.74) is 0.518. The molecule has 1 aliphatic carbocycles. The Bertz CT molecular complexity index is 1140. The predicted molar refractivity (Wildman–Crippen MR) is 125 cm³/mol. The molecule has 4 rings (SSSR count). The molecule has 1 aliphatic heterocycles. The van der Waals surface area contributed by atoms with Gasteiger partial charge in [0.05, 0.1) is 11.8 Å². The zero-order valence-corrected chi connectivity index (χ0v) is 19.6. The molecular formula is C25H22Cl2N2O4. The molecule has 3 amide bonds. The number of hydrazine groups is 1. The summed E-state index contributed by atoms with van der Waals surface area (Å²) in [7, 11) is 0. The third kappa shape index (κ3) is 4.21. The fourth-order valence-corrected chi connectivity index (χ4v) is 4.73. The maximum absolute atomic E-state index is 13.6. The molecule has 8 heteroatoms. The highest BCUT2D eigenvalue weighted by Gasteiger charge is 2.54. The summed E-state index contributed by atoms with van der Waals surface area (Å²) >= 11 is 11.9. The molecule has 33 heavy (non-hydrogen) atoms. The lowest BCUT2D eigenvalue weighted by Gasteiger charge is -2.34. The lowest BCUT2D eigenvalue weighted by Crippen LogP contribution is -2.56. The normalized spacial score (nSPS) is 22.8. The lowest BCUT2D eigenvalue weighted by molar-refractivity contribution is -0.156. The van der Waals surface area contributed by atoms with Crippen LogP contribution in [0.5, 0.6) is 0 Å². The van der Waals surface area contributed by atoms with Crippen LogP contribution in [0, 0.1) is 17.8 Å². The Morgan fingerprint density at radius 3 is 2.03 bits per heavy atom. The Balaban J connectivity index is 1.76. The summed E-state index contributed by atoms with van der Waals surface area (Å²) < 4.78 is 0. The smallest absolute Gasteiger partial charge is 0.273 e. The number of nitrogens with zero attached hydrogens (tertiary/aromatic N) is 2. The number of allylic oxidation sites excluding steroid dienone is 2. The topological polar surface area (TPSA) is 74.8 Å². The first-order valence-corrected chi connectivity index (χ1v) is 11.4. The van der Waals surface area contributed by atoms with E-state index in [1.807, 2.05) is 19.1 Å². The molecular weight excluding hydrogens is 463 g/mol. The monoisotopic (exact) mass is 484 g/mol. The van der Waals surface area contributed by atoms with Crippen LogP contribution in [0.2, 0.25) is 10.0 Å². The molecule has 1 heterocycles. The van der Waals surface area contributed by atoms with Crippen molar-refractivity contribution < 1.29 is 19.2 Å². The third-order valence-electron chi connectivity index (χ3n) is 6.24. The molecule has 1 fully saturated rings. The van der Waals surface area contributed by atoms with Gasteiger partial charge in [-0.25, -0.2) is 5.01 Å². The van der Waals surface area contributed by atoms with Crippen LogP contribution >= 0.6 is 23.2 Å². The standard InChI is InChI=1S/C25H22Cl2N2O4/c1-14-4-3-5-20-21(14)25(33)29(24(20)32)28(23(31)17-8-12-19(27)13-9-17)15(2)22(30)16-6-10-18(26)11-7-16/h3-4,6-15,20-21H,5H2,1-2H3/t14-,15+,20+,21-/m1/s1. The number of ketones is 1. The Morgan fingerprint density at radius 2 is 1.48 bits per heavy atom. The second kappa shape index (κ2) is 9.12. The van der Waals surface area contributed by atoms with E-state index in [0.29, 0.717) is 22.0 Å². The number of rotatable bonds is 5. The van der Waals surface area contributed by atoms with Gasteiger partial charge in [-0.05, 0) is 67.8 Å². The number of benzene rings is 2. The minimum absolute atomic E-state index is 0.153. The van der Waals surface area contributed by atoms with Gasteiger partial charge in [0.25, 0.3) is 17.7 Å². The van der Waals surface area contributed by atoms with E-state index in [1.165, 1.54) is 31.2 Å². The molecule has 0 saturated carbocycles. The molecule has 0 radical (unpaired) electrons. The van der Waals surface area contributed by atoms with E-state index in [0.717, 1.165) is 10.0 Å². The highest BCUT2D eigenvalue weighted by Crippen LogP contribution is 2.40. The quantitative estimate of drug-likeness (QED) is 0.346. The fourth-order valence-electron chi connectivity index (χ4n) is 4.47. The summed E-state index contributed by atoms with van der Waals surface area (Å²) in [6.07, 6.45) is 4.20. The van der Waals surface area contributed by atoms with Crippen molar-refractivity contribution in [1.29, 1.82) is 0 Å². The van der Waals surface area contributed by atoms with Crippen molar-refractivity contribution >= 4 is 46.7 Å². The minimum atomic E-state index is -1.12. The van der Waals surface area contributed by atoms with Gasteiger partial charge >= 0.3 is 0 Å².